The van der Waals surface area contributed by atoms with Crippen molar-refractivity contribution < 1.29 is 23.5 Å². The lowest BCUT2D eigenvalue weighted by atomic mass is 9.87. The van der Waals surface area contributed by atoms with Gasteiger partial charge in [0.1, 0.15) is 29.9 Å². The second-order valence-electron chi connectivity index (χ2n) is 15.4. The second kappa shape index (κ2) is 18.6. The Balaban J connectivity index is 0.000000190. The number of carbonyl (C=O) groups excluding carboxylic acids is 3. The van der Waals surface area contributed by atoms with Crippen LogP contribution in [-0.2, 0) is 22.8 Å². The molecule has 0 radical (unpaired) electrons. The molecule has 1 atom stereocenters. The smallest absolute Gasteiger partial charge is 0.262 e. The number of nitrogens with one attached hydrogen (secondary N) is 3. The molecule has 13 heteroatoms. The first-order valence-electron chi connectivity index (χ1n) is 19.6. The van der Waals surface area contributed by atoms with Gasteiger partial charge in [0.15, 0.2) is 0 Å². The number of likely N-dealkylation sites (tertiary alicyclic amines) is 1. The van der Waals surface area contributed by atoms with Gasteiger partial charge in [-0.25, -0.2) is 14.4 Å². The van der Waals surface area contributed by atoms with Crippen molar-refractivity contribution in [2.45, 2.75) is 109 Å². The van der Waals surface area contributed by atoms with E-state index in [1.54, 1.807) is 24.4 Å². The fraction of sp³-hybridized carbons (Fsp3) is 0.500. The Hall–Kier alpha value is -4.88. The number of carbonyl (C=O) groups is 3. The molecule has 2 aliphatic heterocycles. The number of alkyl halides is 1. The van der Waals surface area contributed by atoms with Crippen molar-refractivity contribution in [2.75, 3.05) is 37.8 Å². The van der Waals surface area contributed by atoms with Gasteiger partial charge >= 0.3 is 0 Å². The quantitative estimate of drug-likeness (QED) is 0.143. The van der Waals surface area contributed by atoms with E-state index in [4.69, 9.17) is 9.72 Å². The predicted molar refractivity (Wildman–Crippen MR) is 212 cm³/mol. The highest BCUT2D eigenvalue weighted by atomic mass is 19.1. The molecule has 294 valence electrons. The zero-order chi connectivity index (χ0) is 38.9. The average Bonchev–Trinajstić information content (AvgIpc) is 3.60. The van der Waals surface area contributed by atoms with Gasteiger partial charge in [0.05, 0.1) is 23.1 Å². The number of amides is 3. The molecule has 0 bridgehead atoms. The molecule has 0 spiro atoms. The molecular formula is C42H55FN8O4. The Bertz CT molecular complexity index is 1930. The zero-order valence-electron chi connectivity index (χ0n) is 32.5. The summed E-state index contributed by atoms with van der Waals surface area (Å²) in [5.41, 5.74) is 4.68. The van der Waals surface area contributed by atoms with E-state index in [2.05, 4.69) is 57.0 Å². The molecule has 7 rings (SSSR count). The molecule has 1 unspecified atom stereocenters. The van der Waals surface area contributed by atoms with E-state index in [0.29, 0.717) is 41.9 Å². The summed E-state index contributed by atoms with van der Waals surface area (Å²) in [7, 11) is 4.31. The van der Waals surface area contributed by atoms with Crippen molar-refractivity contribution in [1.29, 1.82) is 0 Å². The minimum Gasteiger partial charge on any atom is -0.490 e. The fourth-order valence-corrected chi connectivity index (χ4v) is 7.60. The number of fused-ring (bicyclic) bond motifs is 1. The van der Waals surface area contributed by atoms with Gasteiger partial charge in [-0.05, 0) is 103 Å². The number of halogens is 1. The van der Waals surface area contributed by atoms with E-state index in [-0.39, 0.29) is 35.6 Å². The minimum atomic E-state index is -0.684. The molecule has 1 saturated carbocycles. The van der Waals surface area contributed by atoms with Crippen LogP contribution in [0.2, 0.25) is 0 Å². The first-order chi connectivity index (χ1) is 26.5. The molecule has 3 fully saturated rings. The number of rotatable bonds is 11. The van der Waals surface area contributed by atoms with Crippen molar-refractivity contribution in [1.82, 2.24) is 29.5 Å². The first kappa shape index (κ1) is 39.8. The number of pyridine rings is 2. The fourth-order valence-electron chi connectivity index (χ4n) is 7.60. The Morgan fingerprint density at radius 2 is 1.75 bits per heavy atom. The topological polar surface area (TPSA) is 133 Å². The standard InChI is InChI=1S/C23H27FN4O2.C19H28N4O2/c1-15(2)30-20-11-22-26-19(16-7-4-3-5-8-16)14-28(22)13-18(20)23(29)27-21-10-6-9-17(12-24)25-21;1-22(2)16-8-10-23(11-9-16)13-14-4-3-5-15(12-14)20-17-6-7-18(24)21-19(17)25/h6,9-11,13-16H,3-5,7-8,12H2,1-2H3,(H,25,27,29);3-5,12,16-17,20H,6-11,13H2,1-2H3,(H,21,24,25). The molecular weight excluding hydrogens is 700 g/mol. The molecule has 2 saturated heterocycles. The van der Waals surface area contributed by atoms with Crippen molar-refractivity contribution in [3.63, 3.8) is 0 Å². The van der Waals surface area contributed by atoms with Gasteiger partial charge in [0, 0.05) is 49.1 Å². The van der Waals surface area contributed by atoms with Crippen LogP contribution in [0.4, 0.5) is 15.9 Å². The largest absolute Gasteiger partial charge is 0.490 e. The van der Waals surface area contributed by atoms with Crippen LogP contribution in [0.3, 0.4) is 0 Å². The molecule has 3 aromatic heterocycles. The van der Waals surface area contributed by atoms with Crippen molar-refractivity contribution in [3.05, 3.63) is 83.4 Å². The van der Waals surface area contributed by atoms with Gasteiger partial charge in [0.2, 0.25) is 11.8 Å². The monoisotopic (exact) mass is 754 g/mol. The summed E-state index contributed by atoms with van der Waals surface area (Å²) >= 11 is 0. The number of nitrogens with zero attached hydrogens (tertiary/aromatic N) is 5. The Kier molecular flexibility index (Phi) is 13.5. The summed E-state index contributed by atoms with van der Waals surface area (Å²) in [6.07, 6.45) is 13.1. The molecule has 3 N–H and O–H groups in total. The number of benzene rings is 1. The van der Waals surface area contributed by atoms with Crippen LogP contribution < -0.4 is 20.7 Å². The number of aromatic nitrogens is 3. The molecule has 1 aromatic carbocycles. The maximum Gasteiger partial charge on any atom is 0.262 e. The van der Waals surface area contributed by atoms with E-state index in [1.807, 2.05) is 42.6 Å². The predicted octanol–water partition coefficient (Wildman–Crippen LogP) is 6.72. The number of anilines is 2. The van der Waals surface area contributed by atoms with Crippen LogP contribution in [0.1, 0.15) is 105 Å². The lowest BCUT2D eigenvalue weighted by Gasteiger charge is -2.35. The highest BCUT2D eigenvalue weighted by Gasteiger charge is 2.27. The van der Waals surface area contributed by atoms with E-state index in [1.165, 1.54) is 37.7 Å². The Morgan fingerprint density at radius 1 is 0.982 bits per heavy atom. The van der Waals surface area contributed by atoms with Crippen LogP contribution >= 0.6 is 0 Å². The minimum absolute atomic E-state index is 0.0974. The van der Waals surface area contributed by atoms with Crippen molar-refractivity contribution in [2.24, 2.45) is 0 Å². The molecule has 55 heavy (non-hydrogen) atoms. The maximum absolute atomic E-state index is 13.0. The Labute approximate surface area is 323 Å². The third-order valence-electron chi connectivity index (χ3n) is 10.6. The lowest BCUT2D eigenvalue weighted by Crippen LogP contribution is -2.47. The highest BCUT2D eigenvalue weighted by molar-refractivity contribution is 6.06. The van der Waals surface area contributed by atoms with Gasteiger partial charge in [-0.1, -0.05) is 37.5 Å². The number of imidazole rings is 1. The van der Waals surface area contributed by atoms with Crippen LogP contribution in [0.25, 0.3) is 5.65 Å². The van der Waals surface area contributed by atoms with Crippen molar-refractivity contribution in [3.8, 4) is 5.75 Å². The van der Waals surface area contributed by atoms with Gasteiger partial charge < -0.3 is 24.7 Å². The third kappa shape index (κ3) is 10.9. The second-order valence-corrected chi connectivity index (χ2v) is 15.4. The van der Waals surface area contributed by atoms with E-state index >= 15 is 0 Å². The molecule has 5 heterocycles. The molecule has 12 nitrogen and oxygen atoms in total. The van der Waals surface area contributed by atoms with Gasteiger partial charge in [-0.15, -0.1) is 0 Å². The van der Waals surface area contributed by atoms with Gasteiger partial charge in [-0.2, -0.15) is 0 Å². The number of ether oxygens (including phenoxy) is 1. The number of piperidine rings is 2. The SMILES string of the molecule is CC(C)Oc1cc2nc(C3CCCCC3)cn2cc1C(=O)Nc1cccc(CF)n1.CN(C)C1CCN(Cc2cccc(NC3CCC(=O)NC3=O)c2)CC1. The number of hydrogen-bond acceptors (Lipinski definition) is 9. The van der Waals surface area contributed by atoms with Gasteiger partial charge in [0.25, 0.3) is 5.91 Å². The summed E-state index contributed by atoms with van der Waals surface area (Å²) in [4.78, 5) is 49.9. The number of imide groups is 1. The first-order valence-corrected chi connectivity index (χ1v) is 19.6. The normalized spacial score (nSPS) is 18.6. The summed E-state index contributed by atoms with van der Waals surface area (Å²) in [6, 6.07) is 15.3. The zero-order valence-corrected chi connectivity index (χ0v) is 32.5. The molecule has 1 aliphatic carbocycles. The molecule has 4 aromatic rings. The number of hydrogen-bond donors (Lipinski definition) is 3. The van der Waals surface area contributed by atoms with Crippen LogP contribution in [0.15, 0.2) is 60.9 Å². The van der Waals surface area contributed by atoms with Crippen LogP contribution in [-0.4, -0.2) is 87.3 Å². The highest BCUT2D eigenvalue weighted by Crippen LogP contribution is 2.33. The molecule has 3 amide bonds. The van der Waals surface area contributed by atoms with Crippen LogP contribution in [0.5, 0.6) is 5.75 Å². The average molecular weight is 755 g/mol. The summed E-state index contributed by atoms with van der Waals surface area (Å²) in [5, 5.41) is 8.40. The molecule has 3 aliphatic rings. The Morgan fingerprint density at radius 3 is 2.45 bits per heavy atom. The lowest BCUT2D eigenvalue weighted by molar-refractivity contribution is -0.133. The van der Waals surface area contributed by atoms with Crippen LogP contribution in [0, 0.1) is 0 Å². The third-order valence-corrected chi connectivity index (χ3v) is 10.6. The summed E-state index contributed by atoms with van der Waals surface area (Å²) in [6.45, 7) is 6.32. The van der Waals surface area contributed by atoms with E-state index < -0.39 is 6.67 Å². The van der Waals surface area contributed by atoms with E-state index in [0.717, 1.165) is 49.5 Å². The summed E-state index contributed by atoms with van der Waals surface area (Å²) < 4.78 is 20.7. The maximum atomic E-state index is 13.0. The van der Waals surface area contributed by atoms with Crippen molar-refractivity contribution >= 4 is 34.9 Å². The summed E-state index contributed by atoms with van der Waals surface area (Å²) in [5.74, 6) is 0.476. The van der Waals surface area contributed by atoms with E-state index in [9.17, 15) is 18.8 Å². The van der Waals surface area contributed by atoms with Gasteiger partial charge in [-0.3, -0.25) is 24.6 Å².